The summed E-state index contributed by atoms with van der Waals surface area (Å²) in [6.07, 6.45) is 1.79. The monoisotopic (exact) mass is 334 g/mol. The maximum atomic E-state index is 5.14. The minimum atomic E-state index is 0.696. The zero-order chi connectivity index (χ0) is 16.4. The van der Waals surface area contributed by atoms with E-state index in [2.05, 4.69) is 19.9 Å². The number of nitrogens with one attached hydrogen (secondary N) is 1. The Bertz CT molecular complexity index is 968. The zero-order valence-electron chi connectivity index (χ0n) is 12.9. The van der Waals surface area contributed by atoms with E-state index in [0.29, 0.717) is 5.13 Å². The molecule has 0 saturated heterocycles. The van der Waals surface area contributed by atoms with Gasteiger partial charge in [0.15, 0.2) is 5.82 Å². The molecule has 0 aliphatic carbocycles. The maximum absolute atomic E-state index is 5.14. The molecule has 0 unspecified atom stereocenters. The third kappa shape index (κ3) is 2.91. The highest BCUT2D eigenvalue weighted by Gasteiger charge is 2.08. The van der Waals surface area contributed by atoms with Crippen LogP contribution in [0.15, 0.2) is 58.9 Å². The number of benzene rings is 2. The molecule has 0 aliphatic rings. The lowest BCUT2D eigenvalue weighted by atomic mass is 10.2. The van der Waals surface area contributed by atoms with E-state index in [-0.39, 0.29) is 0 Å². The van der Waals surface area contributed by atoms with Crippen LogP contribution in [0.1, 0.15) is 5.56 Å². The quantitative estimate of drug-likeness (QED) is 0.561. The van der Waals surface area contributed by atoms with Crippen molar-refractivity contribution in [3.8, 4) is 17.3 Å². The number of hydrogen-bond donors (Lipinski definition) is 1. The van der Waals surface area contributed by atoms with E-state index in [4.69, 9.17) is 4.74 Å². The smallest absolute Gasteiger partial charge is 0.209 e. The second-order valence-corrected chi connectivity index (χ2v) is 5.99. The standard InChI is InChI=1S/C18H14N4OS/c1-23-13-8-6-12(7-9-13)10-19-18-22-16(11-24-18)17-20-14-4-2-3-5-15(14)21-17/h2-11H,1H3,(H,20,21)/b19-10+. The van der Waals surface area contributed by atoms with Crippen LogP contribution in [0, 0.1) is 0 Å². The number of nitrogens with zero attached hydrogens (tertiary/aromatic N) is 3. The Kier molecular flexibility index (Phi) is 3.80. The van der Waals surface area contributed by atoms with Gasteiger partial charge in [0.2, 0.25) is 5.13 Å². The summed E-state index contributed by atoms with van der Waals surface area (Å²) in [4.78, 5) is 16.8. The van der Waals surface area contributed by atoms with Crippen LogP contribution in [0.4, 0.5) is 5.13 Å². The number of aliphatic imine (C=N–C) groups is 1. The van der Waals surface area contributed by atoms with E-state index in [9.17, 15) is 0 Å². The third-order valence-corrected chi connectivity index (χ3v) is 4.31. The molecule has 5 nitrogen and oxygen atoms in total. The second kappa shape index (κ2) is 6.25. The molecule has 4 rings (SSSR count). The van der Waals surface area contributed by atoms with E-state index in [1.165, 1.54) is 11.3 Å². The first-order valence-corrected chi connectivity index (χ1v) is 8.28. The minimum Gasteiger partial charge on any atom is -0.497 e. The van der Waals surface area contributed by atoms with Crippen LogP contribution in [-0.2, 0) is 0 Å². The van der Waals surface area contributed by atoms with Gasteiger partial charge in [-0.25, -0.2) is 15.0 Å². The lowest BCUT2D eigenvalue weighted by Gasteiger charge is -1.98. The second-order valence-electron chi connectivity index (χ2n) is 5.15. The lowest BCUT2D eigenvalue weighted by Crippen LogP contribution is -1.84. The Hall–Kier alpha value is -2.99. The van der Waals surface area contributed by atoms with Gasteiger partial charge in [-0.2, -0.15) is 0 Å². The van der Waals surface area contributed by atoms with Gasteiger partial charge >= 0.3 is 0 Å². The summed E-state index contributed by atoms with van der Waals surface area (Å²) >= 11 is 1.49. The number of fused-ring (bicyclic) bond motifs is 1. The summed E-state index contributed by atoms with van der Waals surface area (Å²) in [5.41, 5.74) is 3.74. The van der Waals surface area contributed by atoms with Crippen molar-refractivity contribution in [1.82, 2.24) is 15.0 Å². The summed E-state index contributed by atoms with van der Waals surface area (Å²) in [6, 6.07) is 15.7. The van der Waals surface area contributed by atoms with Crippen molar-refractivity contribution in [3.05, 3.63) is 59.5 Å². The first kappa shape index (κ1) is 14.6. The van der Waals surface area contributed by atoms with Crippen molar-refractivity contribution in [2.24, 2.45) is 4.99 Å². The van der Waals surface area contributed by atoms with Gasteiger partial charge in [-0.15, -0.1) is 11.3 Å². The number of H-pyrrole nitrogens is 1. The zero-order valence-corrected chi connectivity index (χ0v) is 13.7. The Morgan fingerprint density at radius 1 is 1.08 bits per heavy atom. The SMILES string of the molecule is COc1ccc(/C=N/c2nc(-c3nc4ccccc4[nH]3)cs2)cc1. The first-order chi connectivity index (χ1) is 11.8. The van der Waals surface area contributed by atoms with Gasteiger partial charge < -0.3 is 9.72 Å². The molecule has 118 valence electrons. The highest BCUT2D eigenvalue weighted by molar-refractivity contribution is 7.13. The predicted octanol–water partition coefficient (Wildman–Crippen LogP) is 4.45. The van der Waals surface area contributed by atoms with Crippen LogP contribution < -0.4 is 4.74 Å². The molecule has 0 bridgehead atoms. The molecule has 1 N–H and O–H groups in total. The van der Waals surface area contributed by atoms with Gasteiger partial charge in [-0.3, -0.25) is 0 Å². The number of ether oxygens (including phenoxy) is 1. The largest absolute Gasteiger partial charge is 0.497 e. The molecule has 2 aromatic carbocycles. The third-order valence-electron chi connectivity index (χ3n) is 3.56. The van der Waals surface area contributed by atoms with Crippen LogP contribution in [-0.4, -0.2) is 28.3 Å². The fraction of sp³-hybridized carbons (Fsp3) is 0.0556. The van der Waals surface area contributed by atoms with Crippen LogP contribution in [0.2, 0.25) is 0 Å². The average Bonchev–Trinajstić information content (AvgIpc) is 3.27. The number of rotatable bonds is 4. The molecule has 0 radical (unpaired) electrons. The number of methoxy groups -OCH3 is 1. The number of aromatic nitrogens is 3. The van der Waals surface area contributed by atoms with Gasteiger partial charge in [0.1, 0.15) is 11.4 Å². The molecule has 2 heterocycles. The maximum Gasteiger partial charge on any atom is 0.209 e. The van der Waals surface area contributed by atoms with E-state index in [0.717, 1.165) is 33.9 Å². The van der Waals surface area contributed by atoms with Crippen molar-refractivity contribution in [2.75, 3.05) is 7.11 Å². The molecule has 0 aliphatic heterocycles. The number of aromatic amines is 1. The number of hydrogen-bond acceptors (Lipinski definition) is 5. The number of imidazole rings is 1. The van der Waals surface area contributed by atoms with Crippen molar-refractivity contribution in [1.29, 1.82) is 0 Å². The molecule has 0 fully saturated rings. The van der Waals surface area contributed by atoms with Crippen molar-refractivity contribution < 1.29 is 4.74 Å². The Morgan fingerprint density at radius 2 is 1.92 bits per heavy atom. The Balaban J connectivity index is 1.56. The van der Waals surface area contributed by atoms with E-state index in [1.807, 2.05) is 53.9 Å². The molecule has 0 spiro atoms. The summed E-state index contributed by atoms with van der Waals surface area (Å²) in [5.74, 6) is 1.59. The minimum absolute atomic E-state index is 0.696. The van der Waals surface area contributed by atoms with Gasteiger partial charge in [0.25, 0.3) is 0 Å². The van der Waals surface area contributed by atoms with Crippen molar-refractivity contribution in [3.63, 3.8) is 0 Å². The van der Waals surface area contributed by atoms with E-state index in [1.54, 1.807) is 13.3 Å². The highest BCUT2D eigenvalue weighted by atomic mass is 32.1. The van der Waals surface area contributed by atoms with Crippen molar-refractivity contribution in [2.45, 2.75) is 0 Å². The predicted molar refractivity (Wildman–Crippen MR) is 97.4 cm³/mol. The summed E-state index contributed by atoms with van der Waals surface area (Å²) in [5, 5.41) is 2.65. The molecule has 2 aromatic heterocycles. The molecule has 0 atom stereocenters. The number of thiazole rings is 1. The fourth-order valence-corrected chi connectivity index (χ4v) is 2.97. The van der Waals surface area contributed by atoms with Crippen molar-refractivity contribution >= 4 is 33.7 Å². The molecule has 0 amide bonds. The first-order valence-electron chi connectivity index (χ1n) is 7.40. The van der Waals surface area contributed by atoms with Crippen LogP contribution >= 0.6 is 11.3 Å². The van der Waals surface area contributed by atoms with Gasteiger partial charge in [-0.1, -0.05) is 12.1 Å². The van der Waals surface area contributed by atoms with E-state index < -0.39 is 0 Å². The normalized spacial score (nSPS) is 11.4. The number of para-hydroxylation sites is 2. The Labute approximate surface area is 142 Å². The highest BCUT2D eigenvalue weighted by Crippen LogP contribution is 2.26. The summed E-state index contributed by atoms with van der Waals surface area (Å²) in [6.45, 7) is 0. The average molecular weight is 334 g/mol. The van der Waals surface area contributed by atoms with Crippen LogP contribution in [0.5, 0.6) is 5.75 Å². The summed E-state index contributed by atoms with van der Waals surface area (Å²) < 4.78 is 5.14. The van der Waals surface area contributed by atoms with Gasteiger partial charge in [0, 0.05) is 11.6 Å². The summed E-state index contributed by atoms with van der Waals surface area (Å²) in [7, 11) is 1.65. The molecule has 24 heavy (non-hydrogen) atoms. The Morgan fingerprint density at radius 3 is 2.71 bits per heavy atom. The van der Waals surface area contributed by atoms with Crippen LogP contribution in [0.3, 0.4) is 0 Å². The topological polar surface area (TPSA) is 63.2 Å². The molecular formula is C18H14N4OS. The van der Waals surface area contributed by atoms with Gasteiger partial charge in [-0.05, 0) is 42.0 Å². The van der Waals surface area contributed by atoms with E-state index >= 15 is 0 Å². The lowest BCUT2D eigenvalue weighted by molar-refractivity contribution is 0.415. The molecule has 6 heteroatoms. The van der Waals surface area contributed by atoms with Crippen LogP contribution in [0.25, 0.3) is 22.6 Å². The molecular weight excluding hydrogens is 320 g/mol. The molecule has 4 aromatic rings. The fourth-order valence-electron chi connectivity index (χ4n) is 2.33. The molecule has 0 saturated carbocycles. The van der Waals surface area contributed by atoms with Gasteiger partial charge in [0.05, 0.1) is 18.1 Å².